The minimum Gasteiger partial charge on any atom is -0.493 e. The van der Waals surface area contributed by atoms with E-state index in [1.54, 1.807) is 0 Å². The Balaban J connectivity index is 1.92. The second-order valence-corrected chi connectivity index (χ2v) is 5.20. The van der Waals surface area contributed by atoms with E-state index in [0.29, 0.717) is 24.8 Å². The predicted octanol–water partition coefficient (Wildman–Crippen LogP) is 2.21. The summed E-state index contributed by atoms with van der Waals surface area (Å²) in [5.74, 6) is 0.320. The first-order valence-electron chi connectivity index (χ1n) is 7.01. The summed E-state index contributed by atoms with van der Waals surface area (Å²) in [6.45, 7) is 4.59. The molecule has 1 aromatic carbocycles. The van der Waals surface area contributed by atoms with Crippen molar-refractivity contribution < 1.29 is 14.6 Å². The number of rotatable bonds is 6. The quantitative estimate of drug-likeness (QED) is 0.853. The van der Waals surface area contributed by atoms with E-state index < -0.39 is 11.5 Å². The maximum atomic E-state index is 11.5. The molecule has 0 amide bonds. The van der Waals surface area contributed by atoms with Crippen LogP contribution in [0.4, 0.5) is 0 Å². The van der Waals surface area contributed by atoms with E-state index >= 15 is 0 Å². The number of aromatic nitrogens is 2. The van der Waals surface area contributed by atoms with E-state index in [0.717, 1.165) is 11.9 Å². The van der Waals surface area contributed by atoms with Crippen molar-refractivity contribution in [1.29, 1.82) is 0 Å². The average Bonchev–Trinajstić information content (AvgIpc) is 2.47. The zero-order valence-corrected chi connectivity index (χ0v) is 12.5. The molecule has 1 heterocycles. The Hall–Kier alpha value is -2.63. The lowest BCUT2D eigenvalue weighted by Gasteiger charge is -2.08. The van der Waals surface area contributed by atoms with Crippen LogP contribution in [-0.2, 0) is 6.42 Å². The highest BCUT2D eigenvalue weighted by Crippen LogP contribution is 2.18. The highest BCUT2D eigenvalue weighted by Gasteiger charge is 2.09. The van der Waals surface area contributed by atoms with Crippen LogP contribution in [0.25, 0.3) is 0 Å². The Morgan fingerprint density at radius 2 is 2.00 bits per heavy atom. The molecular weight excluding hydrogens is 284 g/mol. The summed E-state index contributed by atoms with van der Waals surface area (Å²) in [5, 5.41) is 8.76. The van der Waals surface area contributed by atoms with Gasteiger partial charge in [-0.15, -0.1) is 0 Å². The summed E-state index contributed by atoms with van der Waals surface area (Å²) in [4.78, 5) is 28.6. The van der Waals surface area contributed by atoms with Gasteiger partial charge in [-0.25, -0.2) is 9.78 Å². The Labute approximate surface area is 127 Å². The molecule has 0 fully saturated rings. The normalized spacial score (nSPS) is 10.7. The van der Waals surface area contributed by atoms with Gasteiger partial charge in [0.05, 0.1) is 6.61 Å². The van der Waals surface area contributed by atoms with E-state index in [1.807, 2.05) is 24.3 Å². The van der Waals surface area contributed by atoms with Crippen molar-refractivity contribution in [1.82, 2.24) is 9.97 Å². The molecule has 6 nitrogen and oxygen atoms in total. The first-order chi connectivity index (χ1) is 10.5. The topological polar surface area (TPSA) is 92.3 Å². The molecule has 1 aromatic heterocycles. The lowest BCUT2D eigenvalue weighted by molar-refractivity contribution is 0.0694. The molecule has 0 unspecified atom stereocenters. The molecule has 0 radical (unpaired) electrons. The lowest BCUT2D eigenvalue weighted by Crippen LogP contribution is -2.21. The van der Waals surface area contributed by atoms with Gasteiger partial charge in [-0.2, -0.15) is 0 Å². The third-order valence-corrected chi connectivity index (χ3v) is 3.24. The summed E-state index contributed by atoms with van der Waals surface area (Å²) in [7, 11) is 0. The standard InChI is InChI=1S/C16H18N2O4/c1-10(2)11-3-5-12(6-4-11)22-8-7-14-17-9-13(16(20)21)15(19)18-14/h3-6,9-10H,7-8H2,1-2H3,(H,20,21)(H,17,18,19). The van der Waals surface area contributed by atoms with Gasteiger partial charge in [-0.3, -0.25) is 4.79 Å². The Bertz CT molecular complexity index is 705. The average molecular weight is 302 g/mol. The van der Waals surface area contributed by atoms with Crippen molar-refractivity contribution in [3.05, 3.63) is 57.8 Å². The van der Waals surface area contributed by atoms with Gasteiger partial charge in [0.25, 0.3) is 5.56 Å². The molecule has 0 aliphatic rings. The van der Waals surface area contributed by atoms with Crippen LogP contribution in [0.5, 0.6) is 5.75 Å². The van der Waals surface area contributed by atoms with Gasteiger partial charge in [-0.05, 0) is 23.6 Å². The molecule has 0 aliphatic heterocycles. The molecule has 6 heteroatoms. The van der Waals surface area contributed by atoms with Crippen molar-refractivity contribution in [3.8, 4) is 5.75 Å². The molecule has 0 saturated heterocycles. The third kappa shape index (κ3) is 3.94. The number of aromatic carboxylic acids is 1. The Kier molecular flexibility index (Phi) is 4.93. The molecule has 0 spiro atoms. The minimum atomic E-state index is -1.29. The van der Waals surface area contributed by atoms with Gasteiger partial charge in [-0.1, -0.05) is 26.0 Å². The number of hydrogen-bond acceptors (Lipinski definition) is 4. The van der Waals surface area contributed by atoms with Crippen molar-refractivity contribution >= 4 is 5.97 Å². The highest BCUT2D eigenvalue weighted by atomic mass is 16.5. The van der Waals surface area contributed by atoms with Crippen LogP contribution in [0.15, 0.2) is 35.3 Å². The molecule has 0 bridgehead atoms. The van der Waals surface area contributed by atoms with Gasteiger partial charge in [0.1, 0.15) is 17.1 Å². The maximum absolute atomic E-state index is 11.5. The number of nitrogens with zero attached hydrogens (tertiary/aromatic N) is 1. The smallest absolute Gasteiger partial charge is 0.342 e. The van der Waals surface area contributed by atoms with E-state index in [-0.39, 0.29) is 5.56 Å². The monoisotopic (exact) mass is 302 g/mol. The summed E-state index contributed by atoms with van der Waals surface area (Å²) in [6, 6.07) is 7.83. The summed E-state index contributed by atoms with van der Waals surface area (Å²) in [6.07, 6.45) is 1.45. The fourth-order valence-electron chi connectivity index (χ4n) is 1.93. The largest absolute Gasteiger partial charge is 0.493 e. The number of aromatic amines is 1. The predicted molar refractivity (Wildman–Crippen MR) is 81.5 cm³/mol. The highest BCUT2D eigenvalue weighted by molar-refractivity contribution is 5.86. The van der Waals surface area contributed by atoms with Crippen LogP contribution in [-0.4, -0.2) is 27.7 Å². The number of ether oxygens (including phenoxy) is 1. The number of H-pyrrole nitrogens is 1. The molecule has 116 valence electrons. The molecule has 2 aromatic rings. The molecule has 0 atom stereocenters. The van der Waals surface area contributed by atoms with E-state index in [4.69, 9.17) is 9.84 Å². The van der Waals surface area contributed by atoms with Crippen molar-refractivity contribution in [2.45, 2.75) is 26.2 Å². The third-order valence-electron chi connectivity index (χ3n) is 3.24. The van der Waals surface area contributed by atoms with Gasteiger partial charge >= 0.3 is 5.97 Å². The molecular formula is C16H18N2O4. The summed E-state index contributed by atoms with van der Waals surface area (Å²) >= 11 is 0. The number of nitrogens with one attached hydrogen (secondary N) is 1. The molecule has 2 N–H and O–H groups in total. The fourth-order valence-corrected chi connectivity index (χ4v) is 1.93. The van der Waals surface area contributed by atoms with E-state index in [9.17, 15) is 9.59 Å². The first kappa shape index (κ1) is 15.8. The van der Waals surface area contributed by atoms with Crippen LogP contribution in [0, 0.1) is 0 Å². The molecule has 22 heavy (non-hydrogen) atoms. The van der Waals surface area contributed by atoms with E-state index in [2.05, 4.69) is 23.8 Å². The van der Waals surface area contributed by atoms with Gasteiger partial charge < -0.3 is 14.8 Å². The molecule has 0 aliphatic carbocycles. The van der Waals surface area contributed by atoms with Crippen LogP contribution in [0.2, 0.25) is 0 Å². The van der Waals surface area contributed by atoms with Crippen LogP contribution >= 0.6 is 0 Å². The second kappa shape index (κ2) is 6.89. The van der Waals surface area contributed by atoms with Crippen molar-refractivity contribution in [3.63, 3.8) is 0 Å². The SMILES string of the molecule is CC(C)c1ccc(OCCc2ncc(C(=O)O)c(=O)[nH]2)cc1. The number of carboxylic acid groups (broad SMARTS) is 1. The number of carboxylic acids is 1. The Morgan fingerprint density at radius 3 is 2.55 bits per heavy atom. The number of benzene rings is 1. The summed E-state index contributed by atoms with van der Waals surface area (Å²) < 4.78 is 5.58. The minimum absolute atomic E-state index is 0.344. The van der Waals surface area contributed by atoms with E-state index in [1.165, 1.54) is 5.56 Å². The van der Waals surface area contributed by atoms with Crippen molar-refractivity contribution in [2.24, 2.45) is 0 Å². The van der Waals surface area contributed by atoms with Gasteiger partial charge in [0, 0.05) is 12.6 Å². The van der Waals surface area contributed by atoms with Crippen LogP contribution < -0.4 is 10.3 Å². The Morgan fingerprint density at radius 1 is 1.32 bits per heavy atom. The van der Waals surface area contributed by atoms with Gasteiger partial charge in [0.2, 0.25) is 0 Å². The lowest BCUT2D eigenvalue weighted by atomic mass is 10.0. The molecule has 0 saturated carbocycles. The maximum Gasteiger partial charge on any atom is 0.342 e. The number of carbonyl (C=O) groups is 1. The fraction of sp³-hybridized carbons (Fsp3) is 0.312. The van der Waals surface area contributed by atoms with Gasteiger partial charge in [0.15, 0.2) is 0 Å². The van der Waals surface area contributed by atoms with Crippen LogP contribution in [0.3, 0.4) is 0 Å². The molecule has 2 rings (SSSR count). The zero-order valence-electron chi connectivity index (χ0n) is 12.5. The van der Waals surface area contributed by atoms with Crippen LogP contribution in [0.1, 0.15) is 41.5 Å². The zero-order chi connectivity index (χ0) is 16.1. The second-order valence-electron chi connectivity index (χ2n) is 5.20. The summed E-state index contributed by atoms with van der Waals surface area (Å²) in [5.41, 5.74) is 0.218. The first-order valence-corrected chi connectivity index (χ1v) is 7.01. The number of hydrogen-bond donors (Lipinski definition) is 2. The van der Waals surface area contributed by atoms with Crippen molar-refractivity contribution in [2.75, 3.05) is 6.61 Å².